The Morgan fingerprint density at radius 1 is 0.857 bits per heavy atom. The highest BCUT2D eigenvalue weighted by Crippen LogP contribution is 2.31. The zero-order valence-electron chi connectivity index (χ0n) is 15.4. The molecule has 1 heterocycles. The molecular formula is C24H19NO3. The van der Waals surface area contributed by atoms with E-state index < -0.39 is 12.1 Å². The van der Waals surface area contributed by atoms with Crippen molar-refractivity contribution in [3.63, 3.8) is 0 Å². The minimum Gasteiger partial charge on any atom is -0.497 e. The van der Waals surface area contributed by atoms with Gasteiger partial charge in [-0.05, 0) is 41.3 Å². The van der Waals surface area contributed by atoms with E-state index in [0.717, 1.165) is 16.3 Å². The Hall–Kier alpha value is -3.66. The molecule has 0 aliphatic heterocycles. The van der Waals surface area contributed by atoms with Gasteiger partial charge in [-0.1, -0.05) is 54.6 Å². The van der Waals surface area contributed by atoms with Crippen molar-refractivity contribution in [3.05, 3.63) is 108 Å². The van der Waals surface area contributed by atoms with Crippen LogP contribution in [0.2, 0.25) is 0 Å². The Morgan fingerprint density at radius 3 is 2.32 bits per heavy atom. The molecule has 3 aromatic carbocycles. The predicted octanol–water partition coefficient (Wildman–Crippen LogP) is 5.19. The van der Waals surface area contributed by atoms with Crippen molar-refractivity contribution >= 4 is 16.7 Å². The highest BCUT2D eigenvalue weighted by atomic mass is 16.5. The van der Waals surface area contributed by atoms with Crippen molar-refractivity contribution in [2.75, 3.05) is 7.11 Å². The van der Waals surface area contributed by atoms with Gasteiger partial charge in [0.25, 0.3) is 0 Å². The van der Waals surface area contributed by atoms with E-state index in [9.17, 15) is 4.79 Å². The van der Waals surface area contributed by atoms with Crippen LogP contribution in [-0.2, 0) is 4.74 Å². The normalized spacial score (nSPS) is 11.8. The van der Waals surface area contributed by atoms with E-state index in [4.69, 9.17) is 9.47 Å². The molecule has 0 aliphatic carbocycles. The molecular weight excluding hydrogens is 350 g/mol. The molecule has 4 nitrogen and oxygen atoms in total. The lowest BCUT2D eigenvalue weighted by Gasteiger charge is -2.19. The summed E-state index contributed by atoms with van der Waals surface area (Å²) in [6.07, 6.45) is 1.14. The summed E-state index contributed by atoms with van der Waals surface area (Å²) < 4.78 is 11.1. The summed E-state index contributed by atoms with van der Waals surface area (Å²) in [5.41, 5.74) is 2.04. The van der Waals surface area contributed by atoms with Crippen LogP contribution >= 0.6 is 0 Å². The molecule has 1 aromatic heterocycles. The molecule has 0 unspecified atom stereocenters. The topological polar surface area (TPSA) is 48.4 Å². The Morgan fingerprint density at radius 2 is 1.57 bits per heavy atom. The molecule has 0 aliphatic rings. The third kappa shape index (κ3) is 3.58. The van der Waals surface area contributed by atoms with Crippen LogP contribution in [0.4, 0.5) is 0 Å². The van der Waals surface area contributed by atoms with Gasteiger partial charge in [0.15, 0.2) is 6.10 Å². The highest BCUT2D eigenvalue weighted by molar-refractivity contribution is 5.90. The van der Waals surface area contributed by atoms with Gasteiger partial charge >= 0.3 is 5.97 Å². The maximum atomic E-state index is 12.8. The first-order valence-electron chi connectivity index (χ1n) is 9.00. The Bertz CT molecular complexity index is 1090. The number of methoxy groups -OCH3 is 1. The second-order valence-electron chi connectivity index (χ2n) is 6.34. The summed E-state index contributed by atoms with van der Waals surface area (Å²) in [5, 5.41) is 2.01. The van der Waals surface area contributed by atoms with Gasteiger partial charge < -0.3 is 9.47 Å². The minimum atomic E-state index is -0.609. The van der Waals surface area contributed by atoms with E-state index in [2.05, 4.69) is 4.98 Å². The molecule has 0 N–H and O–H groups in total. The van der Waals surface area contributed by atoms with Crippen LogP contribution in [0.3, 0.4) is 0 Å². The van der Waals surface area contributed by atoms with Crippen molar-refractivity contribution in [3.8, 4) is 5.75 Å². The van der Waals surface area contributed by atoms with E-state index in [1.54, 1.807) is 37.6 Å². The first-order valence-corrected chi connectivity index (χ1v) is 9.00. The number of nitrogens with zero attached hydrogens (tertiary/aromatic N) is 1. The molecule has 0 saturated heterocycles. The SMILES string of the molecule is COc1ccc(C(=O)O[C@H](c2ccccc2)c2nccc3ccccc23)cc1. The molecule has 0 fully saturated rings. The van der Waals surface area contributed by atoms with Gasteiger partial charge in [0.05, 0.1) is 18.4 Å². The van der Waals surface area contributed by atoms with Crippen LogP contribution in [0.15, 0.2) is 91.1 Å². The number of carbonyl (C=O) groups excluding carboxylic acids is 1. The Kier molecular flexibility index (Phi) is 5.02. The Balaban J connectivity index is 1.75. The molecule has 0 amide bonds. The number of fused-ring (bicyclic) bond motifs is 1. The molecule has 0 spiro atoms. The van der Waals surface area contributed by atoms with Crippen molar-refractivity contribution in [2.24, 2.45) is 0 Å². The number of pyridine rings is 1. The molecule has 28 heavy (non-hydrogen) atoms. The van der Waals surface area contributed by atoms with E-state index in [-0.39, 0.29) is 0 Å². The zero-order chi connectivity index (χ0) is 19.3. The van der Waals surface area contributed by atoms with Crippen LogP contribution < -0.4 is 4.74 Å². The van der Waals surface area contributed by atoms with Gasteiger partial charge in [0.1, 0.15) is 5.75 Å². The van der Waals surface area contributed by atoms with Gasteiger partial charge in [0, 0.05) is 11.6 Å². The highest BCUT2D eigenvalue weighted by Gasteiger charge is 2.23. The lowest BCUT2D eigenvalue weighted by Crippen LogP contribution is -2.14. The maximum Gasteiger partial charge on any atom is 0.339 e. The average molecular weight is 369 g/mol. The maximum absolute atomic E-state index is 12.8. The average Bonchev–Trinajstić information content (AvgIpc) is 2.77. The number of benzene rings is 3. The smallest absolute Gasteiger partial charge is 0.339 e. The van der Waals surface area contributed by atoms with Gasteiger partial charge in [-0.2, -0.15) is 0 Å². The number of carbonyl (C=O) groups is 1. The molecule has 138 valence electrons. The quantitative estimate of drug-likeness (QED) is 0.454. The third-order valence-electron chi connectivity index (χ3n) is 4.61. The van der Waals surface area contributed by atoms with Crippen molar-refractivity contribution in [1.29, 1.82) is 0 Å². The minimum absolute atomic E-state index is 0.411. The fourth-order valence-electron chi connectivity index (χ4n) is 3.16. The van der Waals surface area contributed by atoms with Crippen molar-refractivity contribution < 1.29 is 14.3 Å². The lowest BCUT2D eigenvalue weighted by atomic mass is 10.0. The third-order valence-corrected chi connectivity index (χ3v) is 4.61. The fraction of sp³-hybridized carbons (Fsp3) is 0.0833. The summed E-state index contributed by atoms with van der Waals surface area (Å²) in [4.78, 5) is 17.4. The number of hydrogen-bond acceptors (Lipinski definition) is 4. The van der Waals surface area contributed by atoms with Crippen LogP contribution in [0, 0.1) is 0 Å². The fourth-order valence-corrected chi connectivity index (χ4v) is 3.16. The largest absolute Gasteiger partial charge is 0.497 e. The summed E-state index contributed by atoms with van der Waals surface area (Å²) in [6, 6.07) is 26.4. The predicted molar refractivity (Wildman–Crippen MR) is 108 cm³/mol. The molecule has 0 radical (unpaired) electrons. The molecule has 1 atom stereocenters. The van der Waals surface area contributed by atoms with E-state index in [0.29, 0.717) is 17.0 Å². The standard InChI is InChI=1S/C24H19NO3/c1-27-20-13-11-19(12-14-20)24(26)28-23(18-8-3-2-4-9-18)22-21-10-6-5-7-17(21)15-16-25-22/h2-16,23H,1H3/t23-/m1/s1. The number of rotatable bonds is 5. The number of esters is 1. The van der Waals surface area contributed by atoms with Gasteiger partial charge in [-0.25, -0.2) is 4.79 Å². The summed E-state index contributed by atoms with van der Waals surface area (Å²) in [7, 11) is 1.59. The second kappa shape index (κ2) is 7.92. The van der Waals surface area contributed by atoms with Gasteiger partial charge in [-0.3, -0.25) is 4.98 Å². The summed E-state index contributed by atoms with van der Waals surface area (Å²) >= 11 is 0. The lowest BCUT2D eigenvalue weighted by molar-refractivity contribution is 0.0373. The molecule has 4 rings (SSSR count). The number of ether oxygens (including phenoxy) is 2. The molecule has 4 aromatic rings. The zero-order valence-corrected chi connectivity index (χ0v) is 15.4. The van der Waals surface area contributed by atoms with E-state index >= 15 is 0 Å². The van der Waals surface area contributed by atoms with E-state index in [1.165, 1.54) is 0 Å². The first-order chi connectivity index (χ1) is 13.8. The molecule has 0 bridgehead atoms. The molecule has 0 saturated carbocycles. The van der Waals surface area contributed by atoms with Crippen LogP contribution in [0.25, 0.3) is 10.8 Å². The number of hydrogen-bond donors (Lipinski definition) is 0. The number of aromatic nitrogens is 1. The summed E-state index contributed by atoms with van der Waals surface area (Å²) in [5.74, 6) is 0.276. The van der Waals surface area contributed by atoms with Gasteiger partial charge in [0.2, 0.25) is 0 Å². The summed E-state index contributed by atoms with van der Waals surface area (Å²) in [6.45, 7) is 0. The monoisotopic (exact) mass is 369 g/mol. The van der Waals surface area contributed by atoms with Crippen molar-refractivity contribution in [1.82, 2.24) is 4.98 Å². The van der Waals surface area contributed by atoms with Crippen LogP contribution in [0.5, 0.6) is 5.75 Å². The first kappa shape index (κ1) is 17.7. The van der Waals surface area contributed by atoms with Crippen LogP contribution in [0.1, 0.15) is 27.7 Å². The van der Waals surface area contributed by atoms with Gasteiger partial charge in [-0.15, -0.1) is 0 Å². The van der Waals surface area contributed by atoms with E-state index in [1.807, 2.05) is 60.7 Å². The second-order valence-corrected chi connectivity index (χ2v) is 6.34. The van der Waals surface area contributed by atoms with Crippen LogP contribution in [-0.4, -0.2) is 18.1 Å². The molecule has 4 heteroatoms. The van der Waals surface area contributed by atoms with Crippen molar-refractivity contribution in [2.45, 2.75) is 6.10 Å². The Labute approximate surface area is 163 Å².